The first-order valence-electron chi connectivity index (χ1n) is 3.98. The molecule has 1 aliphatic rings. The van der Waals surface area contributed by atoms with E-state index < -0.39 is 0 Å². The Morgan fingerprint density at radius 3 is 2.85 bits per heavy atom. The molecule has 68 valence electrons. The van der Waals surface area contributed by atoms with Gasteiger partial charge >= 0.3 is 0 Å². The normalized spacial score (nSPS) is 20.8. The summed E-state index contributed by atoms with van der Waals surface area (Å²) in [7, 11) is 0. The lowest BCUT2D eigenvalue weighted by Crippen LogP contribution is -1.98. The third-order valence-corrected chi connectivity index (χ3v) is 2.01. The zero-order valence-electron chi connectivity index (χ0n) is 6.82. The summed E-state index contributed by atoms with van der Waals surface area (Å²) in [4.78, 5) is 11.2. The molecule has 0 amide bonds. The SMILES string of the molecule is O=C1CCCC1=C(O)c1nn[nH]n1. The molecule has 1 fully saturated rings. The molecule has 1 aromatic rings. The molecule has 13 heavy (non-hydrogen) atoms. The Bertz CT molecular complexity index is 355. The second-order valence-electron chi connectivity index (χ2n) is 2.84. The number of allylic oxidation sites excluding steroid dienone is 1. The molecule has 0 spiro atoms. The highest BCUT2D eigenvalue weighted by molar-refractivity contribution is 6.02. The van der Waals surface area contributed by atoms with Gasteiger partial charge < -0.3 is 5.11 Å². The zero-order chi connectivity index (χ0) is 9.26. The van der Waals surface area contributed by atoms with Crippen LogP contribution in [0.25, 0.3) is 5.76 Å². The van der Waals surface area contributed by atoms with Crippen LogP contribution in [0.2, 0.25) is 0 Å². The summed E-state index contributed by atoms with van der Waals surface area (Å²) in [5.41, 5.74) is 0.418. The molecule has 1 aromatic heterocycles. The minimum atomic E-state index is -0.142. The van der Waals surface area contributed by atoms with Crippen LogP contribution in [0.3, 0.4) is 0 Å². The lowest BCUT2D eigenvalue weighted by atomic mass is 10.2. The number of hydrogen-bond acceptors (Lipinski definition) is 5. The Morgan fingerprint density at radius 2 is 2.31 bits per heavy atom. The average Bonchev–Trinajstić information content (AvgIpc) is 2.72. The van der Waals surface area contributed by atoms with E-state index in [1.807, 2.05) is 0 Å². The van der Waals surface area contributed by atoms with Gasteiger partial charge in [0, 0.05) is 12.0 Å². The smallest absolute Gasteiger partial charge is 0.239 e. The van der Waals surface area contributed by atoms with Gasteiger partial charge in [0.05, 0.1) is 0 Å². The summed E-state index contributed by atoms with van der Waals surface area (Å²) >= 11 is 0. The second-order valence-corrected chi connectivity index (χ2v) is 2.84. The maximum absolute atomic E-state index is 11.2. The lowest BCUT2D eigenvalue weighted by molar-refractivity contribution is -0.114. The highest BCUT2D eigenvalue weighted by atomic mass is 16.3. The molecule has 0 bridgehead atoms. The van der Waals surface area contributed by atoms with Crippen molar-refractivity contribution in [3.63, 3.8) is 0 Å². The van der Waals surface area contributed by atoms with E-state index in [0.717, 1.165) is 6.42 Å². The van der Waals surface area contributed by atoms with Gasteiger partial charge in [-0.2, -0.15) is 5.21 Å². The highest BCUT2D eigenvalue weighted by Crippen LogP contribution is 2.25. The van der Waals surface area contributed by atoms with Crippen molar-refractivity contribution in [2.75, 3.05) is 0 Å². The number of Topliss-reactive ketones (excluding diaryl/α,β-unsaturated/α-hetero) is 1. The third-order valence-electron chi connectivity index (χ3n) is 2.01. The maximum Gasteiger partial charge on any atom is 0.239 e. The summed E-state index contributed by atoms with van der Waals surface area (Å²) < 4.78 is 0. The summed E-state index contributed by atoms with van der Waals surface area (Å²) in [6, 6.07) is 0. The van der Waals surface area contributed by atoms with Crippen LogP contribution in [-0.4, -0.2) is 31.5 Å². The molecular weight excluding hydrogens is 172 g/mol. The molecular formula is C7H8N4O2. The number of nitrogens with zero attached hydrogens (tertiary/aromatic N) is 3. The lowest BCUT2D eigenvalue weighted by Gasteiger charge is -1.96. The highest BCUT2D eigenvalue weighted by Gasteiger charge is 2.23. The number of H-pyrrole nitrogens is 1. The number of hydrogen-bond donors (Lipinski definition) is 2. The van der Waals surface area contributed by atoms with Gasteiger partial charge in [-0.15, -0.1) is 10.2 Å². The molecule has 2 N–H and O–H groups in total. The fourth-order valence-electron chi connectivity index (χ4n) is 1.36. The zero-order valence-corrected chi connectivity index (χ0v) is 6.82. The van der Waals surface area contributed by atoms with Gasteiger partial charge in [-0.25, -0.2) is 0 Å². The van der Waals surface area contributed by atoms with Crippen LogP contribution in [0, 0.1) is 0 Å². The Hall–Kier alpha value is -1.72. The van der Waals surface area contributed by atoms with E-state index in [9.17, 15) is 9.90 Å². The van der Waals surface area contributed by atoms with Crippen molar-refractivity contribution in [3.8, 4) is 0 Å². The van der Waals surface area contributed by atoms with Crippen molar-refractivity contribution in [1.82, 2.24) is 20.6 Å². The quantitative estimate of drug-likeness (QED) is 0.476. The number of ketones is 1. The van der Waals surface area contributed by atoms with Crippen LogP contribution >= 0.6 is 0 Å². The molecule has 0 radical (unpaired) electrons. The number of aromatic amines is 1. The van der Waals surface area contributed by atoms with E-state index in [0.29, 0.717) is 18.4 Å². The number of aromatic nitrogens is 4. The fraction of sp³-hybridized carbons (Fsp3) is 0.429. The molecule has 0 saturated heterocycles. The first kappa shape index (κ1) is 7.90. The molecule has 6 heteroatoms. The van der Waals surface area contributed by atoms with E-state index >= 15 is 0 Å². The first-order chi connectivity index (χ1) is 6.29. The van der Waals surface area contributed by atoms with E-state index in [4.69, 9.17) is 0 Å². The number of rotatable bonds is 1. The number of aliphatic hydroxyl groups excluding tert-OH is 1. The van der Waals surface area contributed by atoms with E-state index in [1.165, 1.54) is 0 Å². The largest absolute Gasteiger partial charge is 0.504 e. The van der Waals surface area contributed by atoms with E-state index in [1.54, 1.807) is 0 Å². The van der Waals surface area contributed by atoms with Gasteiger partial charge in [0.15, 0.2) is 11.5 Å². The van der Waals surface area contributed by atoms with Crippen molar-refractivity contribution in [2.45, 2.75) is 19.3 Å². The number of carbonyl (C=O) groups excluding carboxylic acids is 1. The Labute approximate surface area is 73.7 Å². The molecule has 0 aromatic carbocycles. The Kier molecular flexibility index (Phi) is 1.80. The van der Waals surface area contributed by atoms with Crippen molar-refractivity contribution in [1.29, 1.82) is 0 Å². The van der Waals surface area contributed by atoms with E-state index in [2.05, 4.69) is 20.6 Å². The number of aliphatic hydroxyl groups is 1. The minimum Gasteiger partial charge on any atom is -0.504 e. The second kappa shape index (κ2) is 2.96. The third kappa shape index (κ3) is 1.30. The molecule has 2 rings (SSSR count). The van der Waals surface area contributed by atoms with Gasteiger partial charge in [0.25, 0.3) is 0 Å². The first-order valence-corrected chi connectivity index (χ1v) is 3.98. The van der Waals surface area contributed by atoms with Crippen LogP contribution in [0.15, 0.2) is 5.57 Å². The molecule has 0 unspecified atom stereocenters. The number of nitrogens with one attached hydrogen (secondary N) is 1. The van der Waals surface area contributed by atoms with Crippen LogP contribution in [0.1, 0.15) is 25.1 Å². The standard InChI is InChI=1S/C7H8N4O2/c12-5-3-1-2-4(5)6(13)7-8-10-11-9-7/h13H,1-3H2,(H,8,9,10,11). The summed E-state index contributed by atoms with van der Waals surface area (Å²) in [5.74, 6) is -0.0798. The molecule has 1 heterocycles. The number of carbonyl (C=O) groups is 1. The number of tetrazole rings is 1. The Balaban J connectivity index is 2.38. The van der Waals surface area contributed by atoms with Crippen LogP contribution < -0.4 is 0 Å². The molecule has 1 aliphatic carbocycles. The molecule has 0 aliphatic heterocycles. The van der Waals surface area contributed by atoms with Crippen molar-refractivity contribution in [2.24, 2.45) is 0 Å². The summed E-state index contributed by atoms with van der Waals surface area (Å²) in [6.45, 7) is 0. The van der Waals surface area contributed by atoms with Crippen molar-refractivity contribution < 1.29 is 9.90 Å². The predicted molar refractivity (Wildman–Crippen MR) is 42.6 cm³/mol. The summed E-state index contributed by atoms with van der Waals surface area (Å²) in [6.07, 6.45) is 1.88. The maximum atomic E-state index is 11.2. The average molecular weight is 180 g/mol. The van der Waals surface area contributed by atoms with Crippen LogP contribution in [0.5, 0.6) is 0 Å². The fourth-order valence-corrected chi connectivity index (χ4v) is 1.36. The predicted octanol–water partition coefficient (Wildman–Crippen LogP) is 0.222. The van der Waals surface area contributed by atoms with Crippen molar-refractivity contribution >= 4 is 11.5 Å². The van der Waals surface area contributed by atoms with Crippen molar-refractivity contribution in [3.05, 3.63) is 11.4 Å². The molecule has 1 saturated carbocycles. The minimum absolute atomic E-state index is 0.0256. The van der Waals surface area contributed by atoms with Crippen LogP contribution in [-0.2, 0) is 4.79 Å². The van der Waals surface area contributed by atoms with Gasteiger partial charge in [0.1, 0.15) is 0 Å². The molecule has 6 nitrogen and oxygen atoms in total. The van der Waals surface area contributed by atoms with Gasteiger partial charge in [0.2, 0.25) is 5.82 Å². The van der Waals surface area contributed by atoms with Gasteiger partial charge in [-0.3, -0.25) is 4.79 Å². The summed E-state index contributed by atoms with van der Waals surface area (Å²) in [5, 5.41) is 22.2. The van der Waals surface area contributed by atoms with Gasteiger partial charge in [-0.05, 0) is 18.1 Å². The topological polar surface area (TPSA) is 91.8 Å². The monoisotopic (exact) mass is 180 g/mol. The Morgan fingerprint density at radius 1 is 1.46 bits per heavy atom. The van der Waals surface area contributed by atoms with E-state index in [-0.39, 0.29) is 17.4 Å². The molecule has 0 atom stereocenters. The van der Waals surface area contributed by atoms with Gasteiger partial charge in [-0.1, -0.05) is 0 Å². The van der Waals surface area contributed by atoms with Crippen LogP contribution in [0.4, 0.5) is 0 Å².